The van der Waals surface area contributed by atoms with Gasteiger partial charge in [-0.05, 0) is 42.0 Å². The molecule has 0 aliphatic rings. The zero-order valence-corrected chi connectivity index (χ0v) is 16.9. The summed E-state index contributed by atoms with van der Waals surface area (Å²) in [7, 11) is 5.20. The van der Waals surface area contributed by atoms with Crippen molar-refractivity contribution >= 4 is 0 Å². The van der Waals surface area contributed by atoms with Crippen molar-refractivity contribution in [1.82, 2.24) is 14.9 Å². The van der Waals surface area contributed by atoms with E-state index in [1.807, 2.05) is 66.3 Å². The molecule has 0 saturated carbocycles. The summed E-state index contributed by atoms with van der Waals surface area (Å²) < 4.78 is 18.1. The fourth-order valence-corrected chi connectivity index (χ4v) is 3.01. The third kappa shape index (κ3) is 5.49. The largest absolute Gasteiger partial charge is 0.497 e. The number of aliphatic hydroxyl groups is 1. The fourth-order valence-electron chi connectivity index (χ4n) is 3.01. The molecule has 2 unspecified atom stereocenters. The molecule has 0 spiro atoms. The van der Waals surface area contributed by atoms with Gasteiger partial charge in [-0.3, -0.25) is 0 Å². The molecule has 0 bridgehead atoms. The molecule has 3 aromatic rings. The van der Waals surface area contributed by atoms with Crippen LogP contribution in [0, 0.1) is 0 Å². The predicted octanol–water partition coefficient (Wildman–Crippen LogP) is 2.56. The van der Waals surface area contributed by atoms with E-state index >= 15 is 0 Å². The summed E-state index contributed by atoms with van der Waals surface area (Å²) in [6.07, 6.45) is 2.96. The second kappa shape index (κ2) is 9.95. The SMILES string of the molecule is COc1ccc(OCC(O)CNC(c2cccc(OC)c2)c2nccn2C)cc1. The van der Waals surface area contributed by atoms with E-state index in [2.05, 4.69) is 10.3 Å². The van der Waals surface area contributed by atoms with Crippen molar-refractivity contribution in [3.8, 4) is 17.2 Å². The van der Waals surface area contributed by atoms with Crippen molar-refractivity contribution in [3.63, 3.8) is 0 Å². The Morgan fingerprint density at radius 1 is 1.03 bits per heavy atom. The average Bonchev–Trinajstić information content (AvgIpc) is 3.18. The molecule has 1 heterocycles. The van der Waals surface area contributed by atoms with Gasteiger partial charge in [0.2, 0.25) is 0 Å². The summed E-state index contributed by atoms with van der Waals surface area (Å²) in [4.78, 5) is 4.47. The van der Waals surface area contributed by atoms with Crippen LogP contribution in [-0.4, -0.2) is 48.1 Å². The number of aryl methyl sites for hydroxylation is 1. The molecular formula is C22H27N3O4. The Bertz CT molecular complexity index is 895. The maximum Gasteiger partial charge on any atom is 0.130 e. The van der Waals surface area contributed by atoms with Gasteiger partial charge in [0.05, 0.1) is 20.3 Å². The molecule has 3 rings (SSSR count). The van der Waals surface area contributed by atoms with Crippen molar-refractivity contribution < 1.29 is 19.3 Å². The molecule has 0 amide bonds. The molecule has 0 aliphatic heterocycles. The van der Waals surface area contributed by atoms with Crippen LogP contribution in [0.1, 0.15) is 17.4 Å². The van der Waals surface area contributed by atoms with Crippen LogP contribution in [-0.2, 0) is 7.05 Å². The molecule has 7 nitrogen and oxygen atoms in total. The summed E-state index contributed by atoms with van der Waals surface area (Å²) in [5.41, 5.74) is 1.00. The van der Waals surface area contributed by atoms with Gasteiger partial charge in [0.1, 0.15) is 35.8 Å². The first-order chi connectivity index (χ1) is 14.1. The molecule has 0 saturated heterocycles. The van der Waals surface area contributed by atoms with E-state index in [0.717, 1.165) is 22.9 Å². The highest BCUT2D eigenvalue weighted by Gasteiger charge is 2.20. The maximum atomic E-state index is 10.4. The standard InChI is InChI=1S/C22H27N3O4/c1-25-12-11-23-22(25)21(16-5-4-6-20(13-16)28-3)24-14-17(26)15-29-19-9-7-18(27-2)8-10-19/h4-13,17,21,24,26H,14-15H2,1-3H3. The summed E-state index contributed by atoms with van der Waals surface area (Å²) >= 11 is 0. The summed E-state index contributed by atoms with van der Waals surface area (Å²) in [5, 5.41) is 13.8. The molecular weight excluding hydrogens is 370 g/mol. The second-order valence-electron chi connectivity index (χ2n) is 6.65. The van der Waals surface area contributed by atoms with Gasteiger partial charge in [-0.15, -0.1) is 0 Å². The van der Waals surface area contributed by atoms with E-state index in [-0.39, 0.29) is 12.6 Å². The van der Waals surface area contributed by atoms with E-state index in [1.165, 1.54) is 0 Å². The smallest absolute Gasteiger partial charge is 0.130 e. The normalized spacial score (nSPS) is 13.0. The third-order valence-corrected chi connectivity index (χ3v) is 4.60. The average molecular weight is 397 g/mol. The summed E-state index contributed by atoms with van der Waals surface area (Å²) in [6, 6.07) is 14.9. The van der Waals surface area contributed by atoms with Crippen LogP contribution >= 0.6 is 0 Å². The Kier molecular flexibility index (Phi) is 7.10. The minimum Gasteiger partial charge on any atom is -0.497 e. The lowest BCUT2D eigenvalue weighted by molar-refractivity contribution is 0.104. The molecule has 0 radical (unpaired) electrons. The number of hydrogen-bond donors (Lipinski definition) is 2. The molecule has 0 fully saturated rings. The number of imidazole rings is 1. The number of benzene rings is 2. The van der Waals surface area contributed by atoms with Gasteiger partial charge in [-0.1, -0.05) is 12.1 Å². The second-order valence-corrected chi connectivity index (χ2v) is 6.65. The number of ether oxygens (including phenoxy) is 3. The predicted molar refractivity (Wildman–Crippen MR) is 111 cm³/mol. The van der Waals surface area contributed by atoms with Crippen LogP contribution in [0.25, 0.3) is 0 Å². The number of aromatic nitrogens is 2. The molecule has 29 heavy (non-hydrogen) atoms. The first-order valence-corrected chi connectivity index (χ1v) is 9.40. The number of methoxy groups -OCH3 is 2. The topological polar surface area (TPSA) is 77.8 Å². The van der Waals surface area contributed by atoms with Gasteiger partial charge >= 0.3 is 0 Å². The molecule has 7 heteroatoms. The monoisotopic (exact) mass is 397 g/mol. The minimum atomic E-state index is -0.689. The molecule has 154 valence electrons. The van der Waals surface area contributed by atoms with Crippen molar-refractivity contribution in [3.05, 3.63) is 72.3 Å². The first-order valence-electron chi connectivity index (χ1n) is 9.40. The van der Waals surface area contributed by atoms with Crippen molar-refractivity contribution in [2.24, 2.45) is 7.05 Å². The minimum absolute atomic E-state index is 0.171. The molecule has 0 aliphatic carbocycles. The van der Waals surface area contributed by atoms with Gasteiger partial charge < -0.3 is 29.2 Å². The fraction of sp³-hybridized carbons (Fsp3) is 0.318. The van der Waals surface area contributed by atoms with E-state index in [1.54, 1.807) is 20.4 Å². The van der Waals surface area contributed by atoms with Crippen LogP contribution in [0.4, 0.5) is 0 Å². The highest BCUT2D eigenvalue weighted by molar-refractivity contribution is 5.34. The Morgan fingerprint density at radius 2 is 1.76 bits per heavy atom. The van der Waals surface area contributed by atoms with Crippen LogP contribution in [0.5, 0.6) is 17.2 Å². The highest BCUT2D eigenvalue weighted by Crippen LogP contribution is 2.24. The molecule has 2 aromatic carbocycles. The van der Waals surface area contributed by atoms with Gasteiger partial charge in [0, 0.05) is 26.0 Å². The van der Waals surface area contributed by atoms with Gasteiger partial charge in [0.25, 0.3) is 0 Å². The lowest BCUT2D eigenvalue weighted by Crippen LogP contribution is -2.35. The lowest BCUT2D eigenvalue weighted by atomic mass is 10.1. The zero-order chi connectivity index (χ0) is 20.6. The first kappa shape index (κ1) is 20.7. The quantitative estimate of drug-likeness (QED) is 0.548. The van der Waals surface area contributed by atoms with E-state index in [4.69, 9.17) is 14.2 Å². The molecule has 2 N–H and O–H groups in total. The maximum absolute atomic E-state index is 10.4. The number of rotatable bonds is 10. The van der Waals surface area contributed by atoms with Crippen LogP contribution < -0.4 is 19.5 Å². The van der Waals surface area contributed by atoms with Gasteiger partial charge in [-0.2, -0.15) is 0 Å². The number of nitrogens with one attached hydrogen (secondary N) is 1. The summed E-state index contributed by atoms with van der Waals surface area (Å²) in [5.74, 6) is 3.06. The number of hydrogen-bond acceptors (Lipinski definition) is 6. The van der Waals surface area contributed by atoms with E-state index in [0.29, 0.717) is 12.3 Å². The Hall–Kier alpha value is -3.03. The number of aliphatic hydroxyl groups excluding tert-OH is 1. The van der Waals surface area contributed by atoms with Crippen LogP contribution in [0.15, 0.2) is 60.9 Å². The Morgan fingerprint density at radius 3 is 2.41 bits per heavy atom. The molecule has 1 aromatic heterocycles. The third-order valence-electron chi connectivity index (χ3n) is 4.60. The van der Waals surface area contributed by atoms with E-state index in [9.17, 15) is 5.11 Å². The van der Waals surface area contributed by atoms with Crippen molar-refractivity contribution in [1.29, 1.82) is 0 Å². The highest BCUT2D eigenvalue weighted by atomic mass is 16.5. The zero-order valence-electron chi connectivity index (χ0n) is 16.9. The summed E-state index contributed by atoms with van der Waals surface area (Å²) in [6.45, 7) is 0.510. The van der Waals surface area contributed by atoms with Crippen molar-refractivity contribution in [2.45, 2.75) is 12.1 Å². The van der Waals surface area contributed by atoms with Crippen molar-refractivity contribution in [2.75, 3.05) is 27.4 Å². The van der Waals surface area contributed by atoms with Gasteiger partial charge in [0.15, 0.2) is 0 Å². The number of nitrogens with zero attached hydrogens (tertiary/aromatic N) is 2. The Labute approximate surface area is 170 Å². The van der Waals surface area contributed by atoms with Crippen LogP contribution in [0.2, 0.25) is 0 Å². The van der Waals surface area contributed by atoms with E-state index < -0.39 is 6.10 Å². The Balaban J connectivity index is 1.64. The molecule has 2 atom stereocenters. The van der Waals surface area contributed by atoms with Crippen LogP contribution in [0.3, 0.4) is 0 Å². The van der Waals surface area contributed by atoms with Gasteiger partial charge in [-0.25, -0.2) is 4.98 Å². The lowest BCUT2D eigenvalue weighted by Gasteiger charge is -2.22.